The zero-order chi connectivity index (χ0) is 21.8. The van der Waals surface area contributed by atoms with Crippen molar-refractivity contribution in [3.8, 4) is 0 Å². The summed E-state index contributed by atoms with van der Waals surface area (Å²) in [5.74, 6) is 0.180. The van der Waals surface area contributed by atoms with Crippen molar-refractivity contribution < 1.29 is 14.3 Å². The van der Waals surface area contributed by atoms with Crippen molar-refractivity contribution in [2.24, 2.45) is 5.92 Å². The number of amides is 1. The van der Waals surface area contributed by atoms with Crippen LogP contribution in [0.25, 0.3) is 0 Å². The zero-order valence-corrected chi connectivity index (χ0v) is 18.9. The number of hydrogen-bond donors (Lipinski definition) is 2. The second-order valence-corrected chi connectivity index (χ2v) is 9.04. The van der Waals surface area contributed by atoms with Gasteiger partial charge in [-0.3, -0.25) is 9.69 Å². The van der Waals surface area contributed by atoms with E-state index in [4.69, 9.17) is 9.47 Å². The molecule has 0 spiro atoms. The van der Waals surface area contributed by atoms with Crippen molar-refractivity contribution in [3.63, 3.8) is 0 Å². The SMILES string of the molecule is COC1C=CC2=C(CCC(OC)C2(C)NC(=O)C2CCN(Cc3ccccc3)CC2)N1. The summed E-state index contributed by atoms with van der Waals surface area (Å²) >= 11 is 0. The maximum atomic E-state index is 13.3. The van der Waals surface area contributed by atoms with Crippen molar-refractivity contribution in [3.05, 3.63) is 59.3 Å². The van der Waals surface area contributed by atoms with Gasteiger partial charge in [-0.1, -0.05) is 36.4 Å². The molecule has 1 saturated heterocycles. The van der Waals surface area contributed by atoms with Gasteiger partial charge >= 0.3 is 0 Å². The first-order valence-electron chi connectivity index (χ1n) is 11.4. The molecule has 3 atom stereocenters. The number of nitrogens with zero attached hydrogens (tertiary/aromatic N) is 1. The molecule has 6 heteroatoms. The van der Waals surface area contributed by atoms with E-state index < -0.39 is 5.54 Å². The number of nitrogens with one attached hydrogen (secondary N) is 2. The van der Waals surface area contributed by atoms with Crippen molar-refractivity contribution >= 4 is 5.91 Å². The summed E-state index contributed by atoms with van der Waals surface area (Å²) in [5.41, 5.74) is 3.02. The molecule has 0 aromatic heterocycles. The number of methoxy groups -OCH3 is 2. The van der Waals surface area contributed by atoms with Crippen LogP contribution in [-0.2, 0) is 20.8 Å². The Morgan fingerprint density at radius 1 is 1.16 bits per heavy atom. The normalized spacial score (nSPS) is 29.4. The lowest BCUT2D eigenvalue weighted by Gasteiger charge is -2.46. The molecule has 6 nitrogen and oxygen atoms in total. The Hall–Kier alpha value is -2.15. The van der Waals surface area contributed by atoms with Crippen molar-refractivity contribution in [1.82, 2.24) is 15.5 Å². The summed E-state index contributed by atoms with van der Waals surface area (Å²) in [7, 11) is 3.43. The molecule has 31 heavy (non-hydrogen) atoms. The molecule has 1 aromatic carbocycles. The van der Waals surface area contributed by atoms with Crippen LogP contribution in [0, 0.1) is 5.92 Å². The first-order chi connectivity index (χ1) is 15.0. The molecule has 1 amide bonds. The smallest absolute Gasteiger partial charge is 0.223 e. The monoisotopic (exact) mass is 425 g/mol. The number of piperidine rings is 1. The number of dihydropyridines is 1. The molecular weight excluding hydrogens is 390 g/mol. The lowest BCUT2D eigenvalue weighted by molar-refractivity contribution is -0.129. The molecule has 168 valence electrons. The number of allylic oxidation sites excluding steroid dienone is 1. The van der Waals surface area contributed by atoms with Gasteiger partial charge in [0.1, 0.15) is 6.23 Å². The molecule has 1 fully saturated rings. The second kappa shape index (κ2) is 9.55. The van der Waals surface area contributed by atoms with Gasteiger partial charge in [0.05, 0.1) is 11.6 Å². The first kappa shape index (κ1) is 22.1. The van der Waals surface area contributed by atoms with E-state index in [-0.39, 0.29) is 24.2 Å². The zero-order valence-electron chi connectivity index (χ0n) is 18.9. The van der Waals surface area contributed by atoms with Crippen LogP contribution in [-0.4, -0.2) is 56.0 Å². The molecular formula is C25H35N3O3. The van der Waals surface area contributed by atoms with E-state index in [1.54, 1.807) is 14.2 Å². The lowest BCUT2D eigenvalue weighted by atomic mass is 9.75. The van der Waals surface area contributed by atoms with Crippen molar-refractivity contribution in [2.45, 2.75) is 57.0 Å². The van der Waals surface area contributed by atoms with E-state index in [1.165, 1.54) is 5.56 Å². The van der Waals surface area contributed by atoms with Gasteiger partial charge in [-0.15, -0.1) is 0 Å². The van der Waals surface area contributed by atoms with Gasteiger partial charge < -0.3 is 20.1 Å². The standard InChI is InChI=1S/C25H35N3O3/c1-25(20-9-12-23(31-3)26-21(20)10-11-22(25)30-2)27-24(29)19-13-15-28(16-14-19)17-18-7-5-4-6-8-18/h4-9,12,19,22-23,26H,10-11,13-17H2,1-3H3,(H,27,29). The van der Waals surface area contributed by atoms with Gasteiger partial charge in [-0.2, -0.15) is 0 Å². The molecule has 3 aliphatic rings. The summed E-state index contributed by atoms with van der Waals surface area (Å²) in [6.07, 6.45) is 7.44. The van der Waals surface area contributed by atoms with Crippen LogP contribution in [0.2, 0.25) is 0 Å². The molecule has 2 heterocycles. The molecule has 1 aliphatic carbocycles. The Kier molecular flexibility index (Phi) is 6.80. The molecule has 0 radical (unpaired) electrons. The summed E-state index contributed by atoms with van der Waals surface area (Å²) in [6.45, 7) is 4.94. The van der Waals surface area contributed by atoms with Gasteiger partial charge in [-0.25, -0.2) is 0 Å². The fourth-order valence-corrected chi connectivity index (χ4v) is 5.20. The lowest BCUT2D eigenvalue weighted by Crippen LogP contribution is -2.60. The van der Waals surface area contributed by atoms with E-state index in [9.17, 15) is 4.79 Å². The molecule has 2 N–H and O–H groups in total. The minimum Gasteiger partial charge on any atom is -0.379 e. The number of rotatable bonds is 6. The molecule has 2 aliphatic heterocycles. The Labute approximate surface area is 185 Å². The predicted octanol–water partition coefficient (Wildman–Crippen LogP) is 2.97. The van der Waals surface area contributed by atoms with Crippen LogP contribution in [0.5, 0.6) is 0 Å². The van der Waals surface area contributed by atoms with Gasteiger partial charge in [0, 0.05) is 32.4 Å². The topological polar surface area (TPSA) is 62.8 Å². The van der Waals surface area contributed by atoms with E-state index in [0.717, 1.165) is 56.6 Å². The average molecular weight is 426 g/mol. The molecule has 3 unspecified atom stereocenters. The highest BCUT2D eigenvalue weighted by atomic mass is 16.5. The van der Waals surface area contributed by atoms with Crippen molar-refractivity contribution in [2.75, 3.05) is 27.3 Å². The van der Waals surface area contributed by atoms with Crippen LogP contribution < -0.4 is 10.6 Å². The van der Waals surface area contributed by atoms with E-state index >= 15 is 0 Å². The van der Waals surface area contributed by atoms with Gasteiger partial charge in [0.2, 0.25) is 5.91 Å². The minimum atomic E-state index is -0.553. The van der Waals surface area contributed by atoms with E-state index in [1.807, 2.05) is 12.1 Å². The van der Waals surface area contributed by atoms with Crippen LogP contribution >= 0.6 is 0 Å². The fraction of sp³-hybridized carbons (Fsp3) is 0.560. The summed E-state index contributed by atoms with van der Waals surface area (Å²) < 4.78 is 11.3. The third-order valence-electron chi connectivity index (χ3n) is 7.07. The summed E-state index contributed by atoms with van der Waals surface area (Å²) in [4.78, 5) is 15.8. The predicted molar refractivity (Wildman–Crippen MR) is 121 cm³/mol. The maximum Gasteiger partial charge on any atom is 0.223 e. The molecule has 0 bridgehead atoms. The van der Waals surface area contributed by atoms with Crippen molar-refractivity contribution in [1.29, 1.82) is 0 Å². The van der Waals surface area contributed by atoms with Crippen LogP contribution in [0.3, 0.4) is 0 Å². The van der Waals surface area contributed by atoms with Crippen LogP contribution in [0.15, 0.2) is 53.8 Å². The third-order valence-corrected chi connectivity index (χ3v) is 7.07. The maximum absolute atomic E-state index is 13.3. The van der Waals surface area contributed by atoms with Crippen LogP contribution in [0.1, 0.15) is 38.2 Å². The van der Waals surface area contributed by atoms with Gasteiger partial charge in [0.15, 0.2) is 0 Å². The summed E-state index contributed by atoms with van der Waals surface area (Å²) in [5, 5.41) is 6.83. The number of likely N-dealkylation sites (tertiary alicyclic amines) is 1. The highest BCUT2D eigenvalue weighted by Gasteiger charge is 2.45. The van der Waals surface area contributed by atoms with E-state index in [0.29, 0.717) is 0 Å². The molecule has 1 aromatic rings. The van der Waals surface area contributed by atoms with Gasteiger partial charge in [-0.05, 0) is 62.9 Å². The Balaban J connectivity index is 1.40. The highest BCUT2D eigenvalue weighted by molar-refractivity contribution is 5.80. The van der Waals surface area contributed by atoms with Crippen LogP contribution in [0.4, 0.5) is 0 Å². The average Bonchev–Trinajstić information content (AvgIpc) is 2.80. The first-order valence-corrected chi connectivity index (χ1v) is 11.4. The second-order valence-electron chi connectivity index (χ2n) is 9.04. The fourth-order valence-electron chi connectivity index (χ4n) is 5.20. The summed E-state index contributed by atoms with van der Waals surface area (Å²) in [6, 6.07) is 10.5. The highest BCUT2D eigenvalue weighted by Crippen LogP contribution is 2.37. The number of carbonyl (C=O) groups is 1. The van der Waals surface area contributed by atoms with E-state index in [2.05, 4.69) is 52.8 Å². The Morgan fingerprint density at radius 2 is 1.90 bits per heavy atom. The minimum absolute atomic E-state index is 0.0413. The number of hydrogen-bond acceptors (Lipinski definition) is 5. The molecule has 0 saturated carbocycles. The Morgan fingerprint density at radius 3 is 2.58 bits per heavy atom. The number of ether oxygens (including phenoxy) is 2. The quantitative estimate of drug-likeness (QED) is 0.734. The largest absolute Gasteiger partial charge is 0.379 e. The third kappa shape index (κ3) is 4.71. The number of benzene rings is 1. The number of carbonyl (C=O) groups excluding carboxylic acids is 1. The van der Waals surface area contributed by atoms with Gasteiger partial charge in [0.25, 0.3) is 0 Å². The Bertz CT molecular complexity index is 830. The molecule has 4 rings (SSSR count).